The van der Waals surface area contributed by atoms with Crippen LogP contribution in [0.25, 0.3) is 10.3 Å². The van der Waals surface area contributed by atoms with Gasteiger partial charge in [0, 0.05) is 31.9 Å². The van der Waals surface area contributed by atoms with Crippen LogP contribution in [-0.2, 0) is 4.74 Å². The number of piperidine rings is 1. The van der Waals surface area contributed by atoms with Crippen LogP contribution in [0.5, 0.6) is 0 Å². The normalized spacial score (nSPS) is 17.5. The Labute approximate surface area is 195 Å². The van der Waals surface area contributed by atoms with Gasteiger partial charge in [-0.2, -0.15) is 4.98 Å². The molecular formula is C23H27FN6O2S. The number of rotatable bonds is 5. The molecule has 2 aliphatic heterocycles. The number of carbonyl (C=O) groups excluding carboxylic acids is 1. The number of fused-ring (bicyclic) bond motifs is 1. The standard InChI is InChI=1S/C23H27FN6O2S/c24-16-1-2-19(29-5-3-15(13-25)4-6-29)18(11-16)22(31)27-17-12-20-21(26-14-17)28-23(33-20)30-7-9-32-10-8-30/h1-2,11-12,14-15H,3-10,13,25H2,(H,27,31). The van der Waals surface area contributed by atoms with Crippen molar-refractivity contribution in [2.24, 2.45) is 11.7 Å². The van der Waals surface area contributed by atoms with Crippen LogP contribution < -0.4 is 20.9 Å². The van der Waals surface area contributed by atoms with Crippen molar-refractivity contribution in [2.45, 2.75) is 12.8 Å². The molecule has 0 radical (unpaired) electrons. The van der Waals surface area contributed by atoms with Crippen LogP contribution in [0, 0.1) is 11.7 Å². The number of nitrogens with two attached hydrogens (primary N) is 1. The maximum absolute atomic E-state index is 14.1. The number of hydrogen-bond acceptors (Lipinski definition) is 8. The van der Waals surface area contributed by atoms with E-state index in [2.05, 4.69) is 25.1 Å². The minimum absolute atomic E-state index is 0.319. The van der Waals surface area contributed by atoms with E-state index >= 15 is 0 Å². The van der Waals surface area contributed by atoms with Crippen molar-refractivity contribution in [1.29, 1.82) is 0 Å². The second-order valence-corrected chi connectivity index (χ2v) is 9.43. The van der Waals surface area contributed by atoms with E-state index < -0.39 is 5.82 Å². The molecule has 0 saturated carbocycles. The van der Waals surface area contributed by atoms with E-state index in [1.54, 1.807) is 12.3 Å². The van der Waals surface area contributed by atoms with Gasteiger partial charge >= 0.3 is 0 Å². The molecule has 0 aliphatic carbocycles. The number of carbonyl (C=O) groups is 1. The van der Waals surface area contributed by atoms with E-state index in [0.717, 1.165) is 54.5 Å². The lowest BCUT2D eigenvalue weighted by Crippen LogP contribution is -2.37. The number of nitrogens with one attached hydrogen (secondary N) is 1. The van der Waals surface area contributed by atoms with E-state index in [4.69, 9.17) is 10.5 Å². The van der Waals surface area contributed by atoms with Crippen LogP contribution >= 0.6 is 11.3 Å². The first kappa shape index (κ1) is 22.0. The average Bonchev–Trinajstić information content (AvgIpc) is 3.28. The van der Waals surface area contributed by atoms with E-state index in [1.807, 2.05) is 6.07 Å². The first-order valence-electron chi connectivity index (χ1n) is 11.3. The molecule has 0 spiro atoms. The molecule has 4 heterocycles. The zero-order chi connectivity index (χ0) is 22.8. The maximum atomic E-state index is 14.1. The lowest BCUT2D eigenvalue weighted by atomic mass is 9.96. The molecule has 0 bridgehead atoms. The SMILES string of the molecule is NCC1CCN(c2ccc(F)cc2C(=O)Nc2cnc3nc(N4CCOCC4)sc3c2)CC1. The predicted octanol–water partition coefficient (Wildman–Crippen LogP) is 3.09. The number of ether oxygens (including phenoxy) is 1. The molecule has 8 nitrogen and oxygen atoms in total. The summed E-state index contributed by atoms with van der Waals surface area (Å²) < 4.78 is 20.4. The summed E-state index contributed by atoms with van der Waals surface area (Å²) in [6, 6.07) is 6.26. The zero-order valence-corrected chi connectivity index (χ0v) is 19.1. The smallest absolute Gasteiger partial charge is 0.257 e. The van der Waals surface area contributed by atoms with Crippen molar-refractivity contribution in [3.05, 3.63) is 41.8 Å². The number of anilines is 3. The van der Waals surface area contributed by atoms with Gasteiger partial charge in [0.15, 0.2) is 10.8 Å². The van der Waals surface area contributed by atoms with Gasteiger partial charge in [0.1, 0.15) is 5.82 Å². The quantitative estimate of drug-likeness (QED) is 0.591. The Kier molecular flexibility index (Phi) is 6.39. The molecule has 2 fully saturated rings. The largest absolute Gasteiger partial charge is 0.378 e. The molecule has 174 valence electrons. The second-order valence-electron chi connectivity index (χ2n) is 8.42. The number of halogens is 1. The number of morpholine rings is 1. The number of aromatic nitrogens is 2. The van der Waals surface area contributed by atoms with Gasteiger partial charge in [-0.3, -0.25) is 4.79 Å². The molecular weight excluding hydrogens is 443 g/mol. The molecule has 5 rings (SSSR count). The third kappa shape index (κ3) is 4.78. The number of hydrogen-bond donors (Lipinski definition) is 2. The molecule has 0 atom stereocenters. The summed E-state index contributed by atoms with van der Waals surface area (Å²) in [7, 11) is 0. The van der Waals surface area contributed by atoms with Crippen LogP contribution in [0.3, 0.4) is 0 Å². The van der Waals surface area contributed by atoms with Gasteiger partial charge in [0.2, 0.25) is 0 Å². The first-order valence-corrected chi connectivity index (χ1v) is 12.1. The number of pyridine rings is 1. The predicted molar refractivity (Wildman–Crippen MR) is 129 cm³/mol. The number of benzene rings is 1. The first-order chi connectivity index (χ1) is 16.1. The Balaban J connectivity index is 1.35. The summed E-state index contributed by atoms with van der Waals surface area (Å²) in [6.07, 6.45) is 3.52. The van der Waals surface area contributed by atoms with Gasteiger partial charge in [-0.05, 0) is 49.6 Å². The van der Waals surface area contributed by atoms with Crippen LogP contribution in [0.4, 0.5) is 20.9 Å². The average molecular weight is 471 g/mol. The van der Waals surface area contributed by atoms with Crippen molar-refractivity contribution >= 4 is 44.1 Å². The summed E-state index contributed by atoms with van der Waals surface area (Å²) in [5, 5.41) is 3.80. The van der Waals surface area contributed by atoms with Crippen LogP contribution in [0.2, 0.25) is 0 Å². The topological polar surface area (TPSA) is 96.6 Å². The molecule has 10 heteroatoms. The Bertz CT molecular complexity index is 1140. The highest BCUT2D eigenvalue weighted by atomic mass is 32.1. The Morgan fingerprint density at radius 3 is 2.73 bits per heavy atom. The molecule has 1 aromatic carbocycles. The monoisotopic (exact) mass is 470 g/mol. The summed E-state index contributed by atoms with van der Waals surface area (Å²) >= 11 is 1.54. The van der Waals surface area contributed by atoms with Crippen LogP contribution in [0.1, 0.15) is 23.2 Å². The van der Waals surface area contributed by atoms with Crippen molar-refractivity contribution < 1.29 is 13.9 Å². The minimum Gasteiger partial charge on any atom is -0.378 e. The van der Waals surface area contributed by atoms with Gasteiger partial charge < -0.3 is 25.6 Å². The molecule has 3 aromatic rings. The summed E-state index contributed by atoms with van der Waals surface area (Å²) in [6.45, 7) is 5.24. The van der Waals surface area contributed by atoms with Gasteiger partial charge in [0.05, 0.1) is 35.4 Å². The van der Waals surface area contributed by atoms with Crippen molar-refractivity contribution in [1.82, 2.24) is 9.97 Å². The van der Waals surface area contributed by atoms with Gasteiger partial charge in [-0.1, -0.05) is 11.3 Å². The minimum atomic E-state index is -0.438. The summed E-state index contributed by atoms with van der Waals surface area (Å²) in [5.41, 5.74) is 8.07. The summed E-state index contributed by atoms with van der Waals surface area (Å²) in [4.78, 5) is 26.5. The third-order valence-corrected chi connectivity index (χ3v) is 7.32. The van der Waals surface area contributed by atoms with Gasteiger partial charge in [-0.25, -0.2) is 9.37 Å². The molecule has 1 amide bonds. The third-order valence-electron chi connectivity index (χ3n) is 6.27. The highest BCUT2D eigenvalue weighted by Gasteiger charge is 2.23. The van der Waals surface area contributed by atoms with E-state index in [1.165, 1.54) is 23.5 Å². The number of nitrogens with zero attached hydrogens (tertiary/aromatic N) is 4. The number of thiazole rings is 1. The van der Waals surface area contributed by atoms with Crippen LogP contribution in [0.15, 0.2) is 30.5 Å². The van der Waals surface area contributed by atoms with E-state index in [-0.39, 0.29) is 5.91 Å². The highest BCUT2D eigenvalue weighted by Crippen LogP contribution is 2.31. The number of amides is 1. The van der Waals surface area contributed by atoms with E-state index in [0.29, 0.717) is 42.6 Å². The molecule has 2 aliphatic rings. The molecule has 2 aromatic heterocycles. The fourth-order valence-corrected chi connectivity index (χ4v) is 5.36. The Morgan fingerprint density at radius 2 is 1.97 bits per heavy atom. The van der Waals surface area contributed by atoms with Gasteiger partial charge in [-0.15, -0.1) is 0 Å². The molecule has 2 saturated heterocycles. The Morgan fingerprint density at radius 1 is 1.18 bits per heavy atom. The highest BCUT2D eigenvalue weighted by molar-refractivity contribution is 7.22. The van der Waals surface area contributed by atoms with Crippen molar-refractivity contribution in [2.75, 3.05) is 61.1 Å². The maximum Gasteiger partial charge on any atom is 0.257 e. The summed E-state index contributed by atoms with van der Waals surface area (Å²) in [5.74, 6) is -0.296. The van der Waals surface area contributed by atoms with E-state index in [9.17, 15) is 9.18 Å². The zero-order valence-electron chi connectivity index (χ0n) is 18.3. The van der Waals surface area contributed by atoms with Crippen molar-refractivity contribution in [3.8, 4) is 0 Å². The molecule has 0 unspecified atom stereocenters. The second kappa shape index (κ2) is 9.58. The lowest BCUT2D eigenvalue weighted by Gasteiger charge is -2.34. The fraction of sp³-hybridized carbons (Fsp3) is 0.435. The molecule has 33 heavy (non-hydrogen) atoms. The van der Waals surface area contributed by atoms with Crippen LogP contribution in [-0.4, -0.2) is 61.8 Å². The fourth-order valence-electron chi connectivity index (χ4n) is 4.34. The van der Waals surface area contributed by atoms with Gasteiger partial charge in [0.25, 0.3) is 5.91 Å². The lowest BCUT2D eigenvalue weighted by molar-refractivity contribution is 0.102. The van der Waals surface area contributed by atoms with Crippen molar-refractivity contribution in [3.63, 3.8) is 0 Å². The molecule has 3 N–H and O–H groups in total. The Hall–Kier alpha value is -2.82.